The van der Waals surface area contributed by atoms with Crippen LogP contribution in [0.1, 0.15) is 19.3 Å². The minimum absolute atomic E-state index is 0.00710. The van der Waals surface area contributed by atoms with Gasteiger partial charge in [-0.2, -0.15) is 0 Å². The Labute approximate surface area is 188 Å². The van der Waals surface area contributed by atoms with Crippen LogP contribution in [0, 0.1) is 0 Å². The summed E-state index contributed by atoms with van der Waals surface area (Å²) < 4.78 is 7.98. The number of aromatic nitrogens is 3. The van der Waals surface area contributed by atoms with Crippen molar-refractivity contribution in [3.63, 3.8) is 0 Å². The van der Waals surface area contributed by atoms with Gasteiger partial charge in [0.15, 0.2) is 11.0 Å². The number of benzene rings is 1. The quantitative estimate of drug-likeness (QED) is 0.452. The lowest BCUT2D eigenvalue weighted by molar-refractivity contribution is -0.115. The molecule has 1 unspecified atom stereocenters. The molecule has 3 aromatic rings. The van der Waals surface area contributed by atoms with Crippen LogP contribution >= 0.6 is 34.9 Å². The molecule has 9 heteroatoms. The smallest absolute Gasteiger partial charge is 0.225 e. The number of rotatable bonds is 9. The number of ether oxygens (including phenoxy) is 1. The molecule has 0 spiro atoms. The Kier molecular flexibility index (Phi) is 7.48. The van der Waals surface area contributed by atoms with Gasteiger partial charge >= 0.3 is 0 Å². The van der Waals surface area contributed by atoms with Crippen LogP contribution in [0.5, 0.6) is 0 Å². The topological polar surface area (TPSA) is 69.0 Å². The molecule has 1 amide bonds. The Balaban J connectivity index is 1.39. The molecule has 0 bridgehead atoms. The number of thiophene rings is 1. The van der Waals surface area contributed by atoms with Crippen molar-refractivity contribution in [1.29, 1.82) is 0 Å². The molecular weight excluding hydrogens is 436 g/mol. The van der Waals surface area contributed by atoms with Crippen molar-refractivity contribution >= 4 is 46.5 Å². The van der Waals surface area contributed by atoms with Crippen molar-refractivity contribution in [1.82, 2.24) is 14.8 Å². The number of anilines is 1. The molecule has 1 saturated heterocycles. The Morgan fingerprint density at radius 3 is 2.97 bits per heavy atom. The molecular formula is C21H24N4O2S3. The summed E-state index contributed by atoms with van der Waals surface area (Å²) in [5.74, 6) is 1.52. The molecule has 158 valence electrons. The first-order valence-corrected chi connectivity index (χ1v) is 13.0. The fourth-order valence-corrected chi connectivity index (χ4v) is 5.49. The number of carbonyl (C=O) groups excluding carboxylic acids is 1. The van der Waals surface area contributed by atoms with Crippen LogP contribution in [0.4, 0.5) is 5.69 Å². The molecule has 1 atom stereocenters. The summed E-state index contributed by atoms with van der Waals surface area (Å²) in [6.07, 6.45) is 4.77. The summed E-state index contributed by atoms with van der Waals surface area (Å²) in [5.41, 5.74) is 0.863. The highest BCUT2D eigenvalue weighted by molar-refractivity contribution is 7.99. The zero-order valence-electron chi connectivity index (χ0n) is 16.7. The van der Waals surface area contributed by atoms with Crippen LogP contribution in [-0.4, -0.2) is 45.4 Å². The second-order valence-corrected chi connectivity index (χ2v) is 9.73. The zero-order chi connectivity index (χ0) is 20.8. The van der Waals surface area contributed by atoms with Gasteiger partial charge in [0.05, 0.1) is 23.2 Å². The fourth-order valence-electron chi connectivity index (χ4n) is 3.34. The molecule has 0 radical (unpaired) electrons. The van der Waals surface area contributed by atoms with Crippen molar-refractivity contribution in [3.05, 3.63) is 41.8 Å². The van der Waals surface area contributed by atoms with Crippen molar-refractivity contribution in [2.45, 2.75) is 42.0 Å². The minimum atomic E-state index is 0.00710. The van der Waals surface area contributed by atoms with Gasteiger partial charge in [-0.3, -0.25) is 9.36 Å². The van der Waals surface area contributed by atoms with E-state index in [0.717, 1.165) is 52.4 Å². The van der Waals surface area contributed by atoms with Crippen molar-refractivity contribution in [2.75, 3.05) is 23.9 Å². The molecule has 0 saturated carbocycles. The average Bonchev–Trinajstić information content (AvgIpc) is 3.51. The molecule has 1 fully saturated rings. The van der Waals surface area contributed by atoms with Gasteiger partial charge in [0.25, 0.3) is 0 Å². The maximum absolute atomic E-state index is 12.4. The highest BCUT2D eigenvalue weighted by Gasteiger charge is 2.22. The summed E-state index contributed by atoms with van der Waals surface area (Å²) in [5, 5.41) is 14.7. The highest BCUT2D eigenvalue weighted by Crippen LogP contribution is 2.29. The molecule has 0 aliphatic carbocycles. The molecule has 1 aliphatic heterocycles. The van der Waals surface area contributed by atoms with Crippen LogP contribution < -0.4 is 5.32 Å². The maximum atomic E-state index is 12.4. The number of nitrogens with zero attached hydrogens (tertiary/aromatic N) is 3. The third-order valence-corrected chi connectivity index (χ3v) is 7.44. The van der Waals surface area contributed by atoms with Crippen molar-refractivity contribution in [2.24, 2.45) is 0 Å². The van der Waals surface area contributed by atoms with Gasteiger partial charge in [0.1, 0.15) is 0 Å². The minimum Gasteiger partial charge on any atom is -0.376 e. The number of thioether (sulfide) groups is 2. The average molecular weight is 461 g/mol. The van der Waals surface area contributed by atoms with E-state index in [4.69, 9.17) is 4.74 Å². The molecule has 6 nitrogen and oxygen atoms in total. The second kappa shape index (κ2) is 10.5. The summed E-state index contributed by atoms with van der Waals surface area (Å²) >= 11 is 4.85. The van der Waals surface area contributed by atoms with Crippen LogP contribution in [0.15, 0.2) is 51.8 Å². The van der Waals surface area contributed by atoms with E-state index in [0.29, 0.717) is 12.2 Å². The predicted molar refractivity (Wildman–Crippen MR) is 125 cm³/mol. The van der Waals surface area contributed by atoms with E-state index in [-0.39, 0.29) is 12.0 Å². The molecule has 3 heterocycles. The lowest BCUT2D eigenvalue weighted by Crippen LogP contribution is -2.17. The number of hydrogen-bond donors (Lipinski definition) is 1. The van der Waals surface area contributed by atoms with E-state index >= 15 is 0 Å². The van der Waals surface area contributed by atoms with E-state index in [1.807, 2.05) is 42.0 Å². The van der Waals surface area contributed by atoms with E-state index < -0.39 is 0 Å². The van der Waals surface area contributed by atoms with E-state index in [1.54, 1.807) is 34.9 Å². The maximum Gasteiger partial charge on any atom is 0.225 e. The van der Waals surface area contributed by atoms with Crippen LogP contribution in [-0.2, 0) is 16.1 Å². The summed E-state index contributed by atoms with van der Waals surface area (Å²) in [7, 11) is 0. The zero-order valence-corrected chi connectivity index (χ0v) is 19.2. The third kappa shape index (κ3) is 5.26. The first-order valence-electron chi connectivity index (χ1n) is 9.89. The summed E-state index contributed by atoms with van der Waals surface area (Å²) in [6.45, 7) is 1.57. The van der Waals surface area contributed by atoms with Gasteiger partial charge < -0.3 is 10.1 Å². The molecule has 1 aromatic carbocycles. The standard InChI is InChI=1S/C21H24N4O2S3/c1-28-17-8-3-2-7-16(17)22-19(26)10-13-30-21-24-23-20(18-9-5-12-29-18)25(21)14-15-6-4-11-27-15/h2-3,5,7-9,12,15H,4,6,10-11,13-14H2,1H3,(H,22,26). The highest BCUT2D eigenvalue weighted by atomic mass is 32.2. The van der Waals surface area contributed by atoms with Gasteiger partial charge in [-0.1, -0.05) is 30.0 Å². The number of carbonyl (C=O) groups is 1. The lowest BCUT2D eigenvalue weighted by atomic mass is 10.2. The molecule has 30 heavy (non-hydrogen) atoms. The van der Waals surface area contributed by atoms with Crippen LogP contribution in [0.3, 0.4) is 0 Å². The van der Waals surface area contributed by atoms with Crippen molar-refractivity contribution < 1.29 is 9.53 Å². The van der Waals surface area contributed by atoms with Gasteiger partial charge in [0, 0.05) is 23.7 Å². The Bertz CT molecular complexity index is 969. The largest absolute Gasteiger partial charge is 0.376 e. The summed E-state index contributed by atoms with van der Waals surface area (Å²) in [6, 6.07) is 11.9. The number of hydrogen-bond acceptors (Lipinski definition) is 7. The molecule has 4 rings (SSSR count). The SMILES string of the molecule is CSc1ccccc1NC(=O)CCSc1nnc(-c2cccs2)n1CC1CCCO1. The van der Waals surface area contributed by atoms with Crippen molar-refractivity contribution in [3.8, 4) is 10.7 Å². The van der Waals surface area contributed by atoms with Crippen LogP contribution in [0.2, 0.25) is 0 Å². The second-order valence-electron chi connectivity index (χ2n) is 6.88. The van der Waals surface area contributed by atoms with Gasteiger partial charge in [-0.15, -0.1) is 33.3 Å². The third-order valence-electron chi connectivity index (χ3n) is 4.81. The Hall–Kier alpha value is -1.81. The number of nitrogens with one attached hydrogen (secondary N) is 1. The first-order chi connectivity index (χ1) is 14.7. The fraction of sp³-hybridized carbons (Fsp3) is 0.381. The molecule has 1 aliphatic rings. The van der Waals surface area contributed by atoms with Crippen LogP contribution in [0.25, 0.3) is 10.7 Å². The van der Waals surface area contributed by atoms with Gasteiger partial charge in [-0.05, 0) is 42.7 Å². The predicted octanol–water partition coefficient (Wildman–Crippen LogP) is 5.03. The van der Waals surface area contributed by atoms with Gasteiger partial charge in [0.2, 0.25) is 5.91 Å². The van der Waals surface area contributed by atoms with E-state index in [9.17, 15) is 4.79 Å². The first kappa shape index (κ1) is 21.4. The normalized spacial score (nSPS) is 16.1. The Morgan fingerprint density at radius 1 is 1.30 bits per heavy atom. The number of para-hydroxylation sites is 1. The van der Waals surface area contributed by atoms with E-state index in [2.05, 4.69) is 26.1 Å². The summed E-state index contributed by atoms with van der Waals surface area (Å²) in [4.78, 5) is 14.6. The Morgan fingerprint density at radius 2 is 2.20 bits per heavy atom. The number of amides is 1. The molecule has 2 aromatic heterocycles. The lowest BCUT2D eigenvalue weighted by Gasteiger charge is -2.14. The monoisotopic (exact) mass is 460 g/mol. The molecule has 1 N–H and O–H groups in total. The van der Waals surface area contributed by atoms with E-state index in [1.165, 1.54) is 0 Å². The van der Waals surface area contributed by atoms with Gasteiger partial charge in [-0.25, -0.2) is 0 Å².